The number of rotatable bonds is 6. The average molecular weight is 550 g/mol. The Balaban J connectivity index is 1.57. The summed E-state index contributed by atoms with van der Waals surface area (Å²) in [5, 5.41) is 11.2. The van der Waals surface area contributed by atoms with Crippen LogP contribution in [0.1, 0.15) is 69.9 Å². The molecule has 5 nitrogen and oxygen atoms in total. The highest BCUT2D eigenvalue weighted by atomic mass is 19.4. The van der Waals surface area contributed by atoms with Crippen LogP contribution in [0, 0.1) is 34.5 Å². The zero-order chi connectivity index (χ0) is 28.1. The third-order valence-corrected chi connectivity index (χ3v) is 9.68. The molecule has 3 saturated carbocycles. The van der Waals surface area contributed by atoms with Gasteiger partial charge in [0.25, 0.3) is 0 Å². The third kappa shape index (κ3) is 5.08. The van der Waals surface area contributed by atoms with Crippen molar-refractivity contribution in [3.05, 3.63) is 29.3 Å². The monoisotopic (exact) mass is 549 g/mol. The smallest absolute Gasteiger partial charge is 0.371 e. The molecule has 1 aromatic carbocycles. The number of ketones is 1. The number of fused-ring (bicyclic) bond motifs is 3. The standard InChI is InChI=1S/C27H33F6NO4/c1-24-10-9-18-16(4-8-22(36)25(18,2)11-12-38-14-35)17(24)6-7-20(24)23(37)34-21-13-15(26(28,29)30)3-5-19(21)27(31,32)33/h3,5,13,16-18,20,35H,4,6-12,14H2,1-2H3,(H,34,37)/t16?,17?,18?,20-,24+,25-/m1/s1. The molecular formula is C27H33F6NO4. The molecular weight excluding hydrogens is 516 g/mol. The minimum atomic E-state index is -4.94. The first-order chi connectivity index (χ1) is 17.6. The predicted molar refractivity (Wildman–Crippen MR) is 126 cm³/mol. The van der Waals surface area contributed by atoms with E-state index in [2.05, 4.69) is 5.32 Å². The number of ether oxygens (including phenoxy) is 1. The molecule has 0 spiro atoms. The number of halogens is 6. The molecule has 3 fully saturated rings. The third-order valence-electron chi connectivity index (χ3n) is 9.68. The molecule has 0 radical (unpaired) electrons. The Morgan fingerprint density at radius 3 is 2.39 bits per heavy atom. The lowest BCUT2D eigenvalue weighted by atomic mass is 9.48. The summed E-state index contributed by atoms with van der Waals surface area (Å²) < 4.78 is 85.5. The summed E-state index contributed by atoms with van der Waals surface area (Å²) in [7, 11) is 0. The molecule has 0 aromatic heterocycles. The van der Waals surface area contributed by atoms with Crippen LogP contribution in [0.25, 0.3) is 0 Å². The molecule has 3 aliphatic rings. The van der Waals surface area contributed by atoms with E-state index in [4.69, 9.17) is 9.84 Å². The quantitative estimate of drug-likeness (QED) is 0.243. The van der Waals surface area contributed by atoms with E-state index in [9.17, 15) is 35.9 Å². The average Bonchev–Trinajstić information content (AvgIpc) is 3.18. The van der Waals surface area contributed by atoms with E-state index in [0.717, 1.165) is 0 Å². The normalized spacial score (nSPS) is 33.6. The van der Waals surface area contributed by atoms with Gasteiger partial charge in [0.15, 0.2) is 0 Å². The fraction of sp³-hybridized carbons (Fsp3) is 0.704. The van der Waals surface area contributed by atoms with Crippen molar-refractivity contribution >= 4 is 17.4 Å². The molecule has 1 aromatic rings. The van der Waals surface area contributed by atoms with Gasteiger partial charge in [0, 0.05) is 17.8 Å². The maximum atomic E-state index is 13.6. The molecule has 38 heavy (non-hydrogen) atoms. The lowest BCUT2D eigenvalue weighted by Crippen LogP contribution is -2.53. The van der Waals surface area contributed by atoms with Crippen LogP contribution in [-0.4, -0.2) is 30.2 Å². The molecule has 3 unspecified atom stereocenters. The molecule has 4 rings (SSSR count). The predicted octanol–water partition coefficient (Wildman–Crippen LogP) is 6.45. The molecule has 0 aliphatic heterocycles. The SMILES string of the molecule is C[C@]1(CCOCO)C(=O)CCC2C1CC[C@@]1(C)C2CC[C@@H]1C(=O)Nc1cc(C(F)(F)F)ccc1C(F)(F)F. The van der Waals surface area contributed by atoms with Crippen LogP contribution < -0.4 is 5.32 Å². The van der Waals surface area contributed by atoms with Gasteiger partial charge in [-0.25, -0.2) is 0 Å². The fourth-order valence-electron chi connectivity index (χ4n) is 7.67. The Morgan fingerprint density at radius 1 is 1.05 bits per heavy atom. The van der Waals surface area contributed by atoms with Crippen molar-refractivity contribution < 1.29 is 45.8 Å². The van der Waals surface area contributed by atoms with E-state index in [1.54, 1.807) is 0 Å². The minimum absolute atomic E-state index is 0.0613. The largest absolute Gasteiger partial charge is 0.418 e. The Labute approximate surface area is 217 Å². The number of nitrogens with one attached hydrogen (secondary N) is 1. The van der Waals surface area contributed by atoms with E-state index in [0.29, 0.717) is 63.1 Å². The van der Waals surface area contributed by atoms with E-state index in [1.165, 1.54) is 0 Å². The molecule has 0 heterocycles. The fourth-order valence-corrected chi connectivity index (χ4v) is 7.67. The van der Waals surface area contributed by atoms with Gasteiger partial charge in [-0.05, 0) is 79.9 Å². The van der Waals surface area contributed by atoms with Crippen molar-refractivity contribution in [1.29, 1.82) is 0 Å². The number of carbonyl (C=O) groups excluding carboxylic acids is 2. The Bertz CT molecular complexity index is 1070. The van der Waals surface area contributed by atoms with Crippen LogP contribution in [0.4, 0.5) is 32.0 Å². The first-order valence-electron chi connectivity index (χ1n) is 12.9. The van der Waals surface area contributed by atoms with E-state index in [-0.39, 0.29) is 30.1 Å². The number of amides is 1. The highest BCUT2D eigenvalue weighted by Gasteiger charge is 2.60. The van der Waals surface area contributed by atoms with Crippen LogP contribution in [0.3, 0.4) is 0 Å². The van der Waals surface area contributed by atoms with Gasteiger partial charge in [0.05, 0.1) is 23.4 Å². The molecule has 11 heteroatoms. The van der Waals surface area contributed by atoms with Crippen LogP contribution in [-0.2, 0) is 26.7 Å². The number of hydrogen-bond donors (Lipinski definition) is 2. The maximum absolute atomic E-state index is 13.6. The number of hydrogen-bond acceptors (Lipinski definition) is 4. The molecule has 2 N–H and O–H groups in total. The lowest BCUT2D eigenvalue weighted by molar-refractivity contribution is -0.149. The number of carbonyl (C=O) groups is 2. The van der Waals surface area contributed by atoms with Gasteiger partial charge in [-0.1, -0.05) is 13.8 Å². The summed E-state index contributed by atoms with van der Waals surface area (Å²) in [6, 6.07) is 1.06. The lowest BCUT2D eigenvalue weighted by Gasteiger charge is -2.55. The van der Waals surface area contributed by atoms with Gasteiger partial charge in [-0.2, -0.15) is 26.3 Å². The Kier molecular flexibility index (Phi) is 7.68. The van der Waals surface area contributed by atoms with Crippen LogP contribution in [0.15, 0.2) is 18.2 Å². The van der Waals surface area contributed by atoms with E-state index >= 15 is 0 Å². The second-order valence-electron chi connectivity index (χ2n) is 11.5. The number of anilines is 1. The van der Waals surface area contributed by atoms with Gasteiger partial charge >= 0.3 is 12.4 Å². The van der Waals surface area contributed by atoms with Gasteiger partial charge < -0.3 is 15.2 Å². The summed E-state index contributed by atoms with van der Waals surface area (Å²) in [5.41, 5.74) is -4.66. The second kappa shape index (κ2) is 10.1. The summed E-state index contributed by atoms with van der Waals surface area (Å²) >= 11 is 0. The van der Waals surface area contributed by atoms with Crippen molar-refractivity contribution in [3.63, 3.8) is 0 Å². The number of aliphatic hydroxyl groups is 1. The minimum Gasteiger partial charge on any atom is -0.371 e. The Hall–Kier alpha value is -2.14. The number of alkyl halides is 6. The molecule has 0 bridgehead atoms. The summed E-state index contributed by atoms with van der Waals surface area (Å²) in [6.45, 7) is 3.69. The number of aliphatic hydroxyl groups excluding tert-OH is 1. The molecule has 212 valence electrons. The van der Waals surface area contributed by atoms with Crippen molar-refractivity contribution in [1.82, 2.24) is 0 Å². The molecule has 0 saturated heterocycles. The van der Waals surface area contributed by atoms with Crippen LogP contribution in [0.5, 0.6) is 0 Å². The van der Waals surface area contributed by atoms with Crippen LogP contribution in [0.2, 0.25) is 0 Å². The van der Waals surface area contributed by atoms with Crippen molar-refractivity contribution in [3.8, 4) is 0 Å². The van der Waals surface area contributed by atoms with Crippen LogP contribution >= 0.6 is 0 Å². The topological polar surface area (TPSA) is 75.6 Å². The highest BCUT2D eigenvalue weighted by Crippen LogP contribution is 2.64. The van der Waals surface area contributed by atoms with Crippen molar-refractivity contribution in [2.75, 3.05) is 18.7 Å². The number of Topliss-reactive ketones (excluding diaryl/α,β-unsaturated/α-hetero) is 1. The van der Waals surface area contributed by atoms with Gasteiger partial charge in [0.2, 0.25) is 5.91 Å². The zero-order valence-corrected chi connectivity index (χ0v) is 21.3. The molecule has 1 amide bonds. The van der Waals surface area contributed by atoms with Gasteiger partial charge in [0.1, 0.15) is 12.6 Å². The molecule has 6 atom stereocenters. The van der Waals surface area contributed by atoms with E-state index < -0.39 is 58.6 Å². The summed E-state index contributed by atoms with van der Waals surface area (Å²) in [5.74, 6) is -0.948. The van der Waals surface area contributed by atoms with E-state index in [1.807, 2.05) is 13.8 Å². The number of benzene rings is 1. The zero-order valence-electron chi connectivity index (χ0n) is 21.3. The highest BCUT2D eigenvalue weighted by molar-refractivity contribution is 5.94. The van der Waals surface area contributed by atoms with Gasteiger partial charge in [-0.3, -0.25) is 9.59 Å². The summed E-state index contributed by atoms with van der Waals surface area (Å²) in [4.78, 5) is 26.3. The van der Waals surface area contributed by atoms with Crippen molar-refractivity contribution in [2.45, 2.75) is 71.1 Å². The summed E-state index contributed by atoms with van der Waals surface area (Å²) in [6.07, 6.45) is -5.98. The first kappa shape index (κ1) is 28.9. The molecule has 3 aliphatic carbocycles. The Morgan fingerprint density at radius 2 is 1.76 bits per heavy atom. The first-order valence-corrected chi connectivity index (χ1v) is 12.9. The van der Waals surface area contributed by atoms with Gasteiger partial charge in [-0.15, -0.1) is 0 Å². The van der Waals surface area contributed by atoms with Crippen molar-refractivity contribution in [2.24, 2.45) is 34.5 Å². The second-order valence-corrected chi connectivity index (χ2v) is 11.5. The maximum Gasteiger partial charge on any atom is 0.418 e.